The second kappa shape index (κ2) is 11.9. The van der Waals surface area contributed by atoms with Crippen LogP contribution in [0.1, 0.15) is 59.3 Å². The third-order valence-electron chi connectivity index (χ3n) is 10.6. The maximum atomic E-state index is 13.3. The summed E-state index contributed by atoms with van der Waals surface area (Å²) in [6.07, 6.45) is 4.61. The van der Waals surface area contributed by atoms with Gasteiger partial charge in [0.05, 0.1) is 37.9 Å². The summed E-state index contributed by atoms with van der Waals surface area (Å²) in [4.78, 5) is 60.7. The Bertz CT molecular complexity index is 1780. The molecule has 246 valence electrons. The molecule has 1 aliphatic carbocycles. The molecule has 11 nitrogen and oxygen atoms in total. The van der Waals surface area contributed by atoms with E-state index < -0.39 is 6.04 Å². The third-order valence-corrected chi connectivity index (χ3v) is 10.6. The first-order valence-corrected chi connectivity index (χ1v) is 16.3. The minimum absolute atomic E-state index is 0.0317. The van der Waals surface area contributed by atoms with Crippen LogP contribution in [0.5, 0.6) is 11.5 Å². The Kier molecular flexibility index (Phi) is 7.90. The molecule has 0 bridgehead atoms. The highest BCUT2D eigenvalue weighted by Gasteiger charge is 2.46. The van der Waals surface area contributed by atoms with Gasteiger partial charge in [-0.2, -0.15) is 0 Å². The molecule has 1 atom stereocenters. The van der Waals surface area contributed by atoms with Gasteiger partial charge in [-0.05, 0) is 69.1 Å². The van der Waals surface area contributed by atoms with Crippen molar-refractivity contribution < 1.29 is 23.9 Å². The number of aryl methyl sites for hydroxylation is 2. The lowest BCUT2D eigenvalue weighted by atomic mass is 9.71. The van der Waals surface area contributed by atoms with Crippen molar-refractivity contribution >= 4 is 23.2 Å². The Hall–Kier alpha value is -4.51. The summed E-state index contributed by atoms with van der Waals surface area (Å²) in [6, 6.07) is 9.55. The van der Waals surface area contributed by atoms with Crippen LogP contribution in [0.4, 0.5) is 5.69 Å². The standard InChI is InChI=1S/C36H41N5O6/c1-22-34(44)38(2)19-29(37-22)24-13-32(46-3)28(33(14-24)47-4)18-39-11-9-36(10-12-39)20-40(21-36)25-6-5-23-17-41(35(45)27(23)15-25)30-8-7-26(42)16-31(30)43/h5-6,13-15,19,30H,7-12,16-18,20-21H2,1-4H3. The van der Waals surface area contributed by atoms with Gasteiger partial charge in [0.1, 0.15) is 23.0 Å². The molecular formula is C36H41N5O6. The number of benzene rings is 2. The number of likely N-dealkylation sites (tertiary alicyclic amines) is 1. The van der Waals surface area contributed by atoms with Crippen LogP contribution in [0.3, 0.4) is 0 Å². The first-order valence-electron chi connectivity index (χ1n) is 16.3. The van der Waals surface area contributed by atoms with Crippen molar-refractivity contribution in [3.05, 3.63) is 69.3 Å². The summed E-state index contributed by atoms with van der Waals surface area (Å²) in [7, 11) is 5.05. The average Bonchev–Trinajstić information content (AvgIpc) is 3.37. The molecule has 3 aliphatic heterocycles. The Labute approximate surface area is 274 Å². The molecule has 11 heteroatoms. The van der Waals surface area contributed by atoms with Crippen molar-refractivity contribution in [2.24, 2.45) is 12.5 Å². The number of methoxy groups -OCH3 is 2. The number of ether oxygens (including phenoxy) is 2. The van der Waals surface area contributed by atoms with Crippen LogP contribution in [0.25, 0.3) is 11.3 Å². The fourth-order valence-corrected chi connectivity index (χ4v) is 7.80. The van der Waals surface area contributed by atoms with Gasteiger partial charge < -0.3 is 23.8 Å². The van der Waals surface area contributed by atoms with E-state index in [4.69, 9.17) is 9.47 Å². The van der Waals surface area contributed by atoms with E-state index in [9.17, 15) is 19.2 Å². The number of nitrogens with zero attached hydrogens (tertiary/aromatic N) is 5. The summed E-state index contributed by atoms with van der Waals surface area (Å²) in [5, 5.41) is 0. The van der Waals surface area contributed by atoms with Crippen molar-refractivity contribution in [3.8, 4) is 22.8 Å². The minimum atomic E-state index is -0.493. The molecule has 0 N–H and O–H groups in total. The number of hydrogen-bond acceptors (Lipinski definition) is 9. The van der Waals surface area contributed by atoms with Crippen molar-refractivity contribution in [3.63, 3.8) is 0 Å². The number of carbonyl (C=O) groups is 3. The summed E-state index contributed by atoms with van der Waals surface area (Å²) in [5.74, 6) is 1.19. The number of carbonyl (C=O) groups excluding carboxylic acids is 3. The van der Waals surface area contributed by atoms with Gasteiger partial charge in [-0.1, -0.05) is 6.07 Å². The highest BCUT2D eigenvalue weighted by atomic mass is 16.5. The number of piperidine rings is 1. The number of anilines is 1. The van der Waals surface area contributed by atoms with Gasteiger partial charge in [0.15, 0.2) is 5.78 Å². The zero-order valence-corrected chi connectivity index (χ0v) is 27.5. The Morgan fingerprint density at radius 2 is 1.68 bits per heavy atom. The molecule has 1 unspecified atom stereocenters. The van der Waals surface area contributed by atoms with Crippen LogP contribution in [0, 0.1) is 12.3 Å². The van der Waals surface area contributed by atoms with Crippen LogP contribution < -0.4 is 19.9 Å². The molecule has 4 heterocycles. The molecule has 7 rings (SSSR count). The number of aromatic nitrogens is 2. The Morgan fingerprint density at radius 1 is 0.979 bits per heavy atom. The van der Waals surface area contributed by atoms with Gasteiger partial charge in [-0.15, -0.1) is 0 Å². The van der Waals surface area contributed by atoms with E-state index in [1.54, 1.807) is 43.9 Å². The second-order valence-electron chi connectivity index (χ2n) is 13.6. The maximum absolute atomic E-state index is 13.3. The molecule has 2 aromatic carbocycles. The van der Waals surface area contributed by atoms with E-state index in [1.165, 1.54) is 0 Å². The van der Waals surface area contributed by atoms with Gasteiger partial charge >= 0.3 is 0 Å². The number of amides is 1. The van der Waals surface area contributed by atoms with Crippen LogP contribution in [-0.4, -0.2) is 83.3 Å². The molecule has 3 aromatic rings. The number of rotatable bonds is 7. The topological polar surface area (TPSA) is 114 Å². The Morgan fingerprint density at radius 3 is 2.32 bits per heavy atom. The van der Waals surface area contributed by atoms with Crippen molar-refractivity contribution in [1.82, 2.24) is 19.4 Å². The number of ketones is 2. The summed E-state index contributed by atoms with van der Waals surface area (Å²) < 4.78 is 13.2. The van der Waals surface area contributed by atoms with E-state index in [2.05, 4.69) is 20.9 Å². The van der Waals surface area contributed by atoms with E-state index in [0.29, 0.717) is 42.9 Å². The van der Waals surface area contributed by atoms with Gasteiger partial charge in [0, 0.05) is 68.1 Å². The van der Waals surface area contributed by atoms with Crippen LogP contribution in [0.2, 0.25) is 0 Å². The summed E-state index contributed by atoms with van der Waals surface area (Å²) >= 11 is 0. The highest BCUT2D eigenvalue weighted by molar-refractivity contribution is 6.07. The van der Waals surface area contributed by atoms with Crippen molar-refractivity contribution in [2.75, 3.05) is 45.3 Å². The lowest BCUT2D eigenvalue weighted by Crippen LogP contribution is -2.60. The minimum Gasteiger partial charge on any atom is -0.496 e. The normalized spacial score (nSPS) is 20.9. The van der Waals surface area contributed by atoms with E-state index >= 15 is 0 Å². The maximum Gasteiger partial charge on any atom is 0.271 e. The second-order valence-corrected chi connectivity index (χ2v) is 13.6. The molecule has 2 saturated heterocycles. The Balaban J connectivity index is 0.986. The lowest BCUT2D eigenvalue weighted by Gasteiger charge is -2.55. The zero-order valence-electron chi connectivity index (χ0n) is 27.5. The molecule has 1 amide bonds. The monoisotopic (exact) mass is 639 g/mol. The van der Waals surface area contributed by atoms with E-state index in [0.717, 1.165) is 72.9 Å². The molecule has 0 radical (unpaired) electrons. The zero-order chi connectivity index (χ0) is 33.0. The van der Waals surface area contributed by atoms with E-state index in [-0.39, 0.29) is 34.9 Å². The highest BCUT2D eigenvalue weighted by Crippen LogP contribution is 2.44. The van der Waals surface area contributed by atoms with Crippen LogP contribution in [-0.2, 0) is 29.7 Å². The fourth-order valence-electron chi connectivity index (χ4n) is 7.80. The smallest absolute Gasteiger partial charge is 0.271 e. The first-order chi connectivity index (χ1) is 22.6. The van der Waals surface area contributed by atoms with Gasteiger partial charge in [0.25, 0.3) is 11.5 Å². The van der Waals surface area contributed by atoms with E-state index in [1.807, 2.05) is 24.3 Å². The van der Waals surface area contributed by atoms with Gasteiger partial charge in [-0.3, -0.25) is 24.1 Å². The number of fused-ring (bicyclic) bond motifs is 1. The molecule has 4 aliphatic rings. The predicted octanol–water partition coefficient (Wildman–Crippen LogP) is 3.52. The van der Waals surface area contributed by atoms with Crippen molar-refractivity contribution in [2.45, 2.75) is 58.2 Å². The summed E-state index contributed by atoms with van der Waals surface area (Å²) in [5.41, 5.74) is 5.75. The first kappa shape index (κ1) is 31.1. The van der Waals surface area contributed by atoms with Crippen LogP contribution >= 0.6 is 0 Å². The average molecular weight is 640 g/mol. The molecule has 1 aromatic heterocycles. The number of Topliss-reactive ketones (excluding diaryl/α,β-unsaturated/α-hetero) is 2. The predicted molar refractivity (Wildman–Crippen MR) is 176 cm³/mol. The molecule has 47 heavy (non-hydrogen) atoms. The molecule has 1 saturated carbocycles. The largest absolute Gasteiger partial charge is 0.496 e. The third kappa shape index (κ3) is 5.60. The number of hydrogen-bond donors (Lipinski definition) is 0. The molecular weight excluding hydrogens is 598 g/mol. The van der Waals surface area contributed by atoms with Gasteiger partial charge in [0.2, 0.25) is 0 Å². The molecule has 3 fully saturated rings. The summed E-state index contributed by atoms with van der Waals surface area (Å²) in [6.45, 7) is 6.67. The molecule has 1 spiro atoms. The van der Waals surface area contributed by atoms with Crippen LogP contribution in [0.15, 0.2) is 41.3 Å². The van der Waals surface area contributed by atoms with Gasteiger partial charge in [-0.25, -0.2) is 4.98 Å². The fraction of sp³-hybridized carbons (Fsp3) is 0.472. The lowest BCUT2D eigenvalue weighted by molar-refractivity contribution is -0.133. The quantitative estimate of drug-likeness (QED) is 0.359. The van der Waals surface area contributed by atoms with Crippen molar-refractivity contribution in [1.29, 1.82) is 0 Å². The SMILES string of the molecule is COc1cc(-c2cn(C)c(=O)c(C)n2)cc(OC)c1CN1CCC2(CC1)CN(c1ccc3c(c1)C(=O)N(C1CCC(=O)CC1=O)C3)C2.